The minimum absolute atomic E-state index is 0.184. The summed E-state index contributed by atoms with van der Waals surface area (Å²) >= 11 is 0. The SMILES string of the molecule is Cc1ccc(CNC(=O)C2(c3ccccc3)CCCCC2)cc1. The predicted octanol–water partition coefficient (Wildman–Crippen LogP) is 4.51. The minimum atomic E-state index is -0.343. The molecule has 1 aliphatic carbocycles. The van der Waals surface area contributed by atoms with E-state index in [0.717, 1.165) is 31.2 Å². The van der Waals surface area contributed by atoms with Gasteiger partial charge in [-0.1, -0.05) is 79.4 Å². The van der Waals surface area contributed by atoms with Crippen molar-refractivity contribution in [2.24, 2.45) is 0 Å². The van der Waals surface area contributed by atoms with Crippen LogP contribution in [0.15, 0.2) is 54.6 Å². The zero-order chi connectivity index (χ0) is 16.1. The van der Waals surface area contributed by atoms with Gasteiger partial charge in [-0.3, -0.25) is 4.79 Å². The quantitative estimate of drug-likeness (QED) is 0.884. The van der Waals surface area contributed by atoms with E-state index >= 15 is 0 Å². The fourth-order valence-corrected chi connectivity index (χ4v) is 3.62. The second-order valence-corrected chi connectivity index (χ2v) is 6.68. The Labute approximate surface area is 138 Å². The van der Waals surface area contributed by atoms with Gasteiger partial charge in [-0.05, 0) is 30.9 Å². The maximum Gasteiger partial charge on any atom is 0.230 e. The highest BCUT2D eigenvalue weighted by molar-refractivity contribution is 5.88. The molecule has 1 saturated carbocycles. The maximum atomic E-state index is 13.0. The van der Waals surface area contributed by atoms with Crippen molar-refractivity contribution in [3.05, 3.63) is 71.3 Å². The van der Waals surface area contributed by atoms with Crippen molar-refractivity contribution in [2.45, 2.75) is 51.0 Å². The number of amides is 1. The second kappa shape index (κ2) is 6.99. The Hall–Kier alpha value is -2.09. The second-order valence-electron chi connectivity index (χ2n) is 6.68. The Morgan fingerprint density at radius 3 is 2.26 bits per heavy atom. The molecule has 1 aliphatic rings. The van der Waals surface area contributed by atoms with Crippen molar-refractivity contribution in [3.63, 3.8) is 0 Å². The van der Waals surface area contributed by atoms with Gasteiger partial charge in [0, 0.05) is 6.54 Å². The molecule has 0 bridgehead atoms. The normalized spacial score (nSPS) is 16.7. The largest absolute Gasteiger partial charge is 0.351 e. The Kier molecular flexibility index (Phi) is 4.80. The van der Waals surface area contributed by atoms with E-state index in [-0.39, 0.29) is 11.3 Å². The first-order valence-electron chi connectivity index (χ1n) is 8.60. The highest BCUT2D eigenvalue weighted by Crippen LogP contribution is 2.39. The van der Waals surface area contributed by atoms with Crippen LogP contribution in [0.25, 0.3) is 0 Å². The van der Waals surface area contributed by atoms with Crippen molar-refractivity contribution in [3.8, 4) is 0 Å². The Balaban J connectivity index is 1.77. The van der Waals surface area contributed by atoms with Gasteiger partial charge < -0.3 is 5.32 Å². The number of nitrogens with one attached hydrogen (secondary N) is 1. The summed E-state index contributed by atoms with van der Waals surface area (Å²) < 4.78 is 0. The van der Waals surface area contributed by atoms with Gasteiger partial charge in [-0.25, -0.2) is 0 Å². The lowest BCUT2D eigenvalue weighted by molar-refractivity contribution is -0.128. The average molecular weight is 307 g/mol. The van der Waals surface area contributed by atoms with E-state index in [4.69, 9.17) is 0 Å². The van der Waals surface area contributed by atoms with E-state index in [1.165, 1.54) is 17.5 Å². The third-order valence-electron chi connectivity index (χ3n) is 5.04. The van der Waals surface area contributed by atoms with E-state index in [1.54, 1.807) is 0 Å². The molecular weight excluding hydrogens is 282 g/mol. The molecule has 0 aliphatic heterocycles. The molecule has 0 spiro atoms. The summed E-state index contributed by atoms with van der Waals surface area (Å²) in [4.78, 5) is 13.0. The molecule has 0 heterocycles. The molecule has 2 heteroatoms. The molecule has 0 atom stereocenters. The molecule has 1 fully saturated rings. The number of aryl methyl sites for hydroxylation is 1. The van der Waals surface area contributed by atoms with E-state index < -0.39 is 0 Å². The standard InChI is InChI=1S/C21H25NO/c1-17-10-12-18(13-11-17)16-22-20(23)21(14-6-3-7-15-21)19-8-4-2-5-9-19/h2,4-5,8-13H,3,6-7,14-16H2,1H3,(H,22,23). The first-order valence-corrected chi connectivity index (χ1v) is 8.60. The Morgan fingerprint density at radius 1 is 0.957 bits per heavy atom. The number of benzene rings is 2. The molecule has 3 rings (SSSR count). The Morgan fingerprint density at radius 2 is 1.61 bits per heavy atom. The smallest absolute Gasteiger partial charge is 0.230 e. The van der Waals surface area contributed by atoms with Gasteiger partial charge in [0.1, 0.15) is 0 Å². The fourth-order valence-electron chi connectivity index (χ4n) is 3.62. The third kappa shape index (κ3) is 3.47. The lowest BCUT2D eigenvalue weighted by Crippen LogP contribution is -2.45. The topological polar surface area (TPSA) is 29.1 Å². The van der Waals surface area contributed by atoms with Crippen molar-refractivity contribution in [1.82, 2.24) is 5.32 Å². The molecule has 1 amide bonds. The van der Waals surface area contributed by atoms with Gasteiger partial charge in [0.2, 0.25) is 5.91 Å². The zero-order valence-electron chi connectivity index (χ0n) is 13.8. The van der Waals surface area contributed by atoms with Crippen LogP contribution in [-0.2, 0) is 16.8 Å². The van der Waals surface area contributed by atoms with Gasteiger partial charge >= 0.3 is 0 Å². The van der Waals surface area contributed by atoms with Gasteiger partial charge in [-0.2, -0.15) is 0 Å². The summed E-state index contributed by atoms with van der Waals surface area (Å²) in [5.41, 5.74) is 3.22. The van der Waals surface area contributed by atoms with Crippen LogP contribution in [-0.4, -0.2) is 5.91 Å². The van der Waals surface area contributed by atoms with Crippen LogP contribution in [0.3, 0.4) is 0 Å². The van der Waals surface area contributed by atoms with Gasteiger partial charge in [-0.15, -0.1) is 0 Å². The monoisotopic (exact) mass is 307 g/mol. The molecule has 0 unspecified atom stereocenters. The van der Waals surface area contributed by atoms with Crippen LogP contribution in [0, 0.1) is 6.92 Å². The molecule has 2 aromatic carbocycles. The maximum absolute atomic E-state index is 13.0. The van der Waals surface area contributed by atoms with E-state index in [2.05, 4.69) is 48.6 Å². The third-order valence-corrected chi connectivity index (χ3v) is 5.04. The van der Waals surface area contributed by atoms with Crippen molar-refractivity contribution in [1.29, 1.82) is 0 Å². The Bertz CT molecular complexity index is 639. The van der Waals surface area contributed by atoms with Crippen LogP contribution in [0.2, 0.25) is 0 Å². The molecule has 0 radical (unpaired) electrons. The molecule has 0 saturated heterocycles. The number of rotatable bonds is 4. The highest BCUT2D eigenvalue weighted by Gasteiger charge is 2.40. The van der Waals surface area contributed by atoms with E-state index in [0.29, 0.717) is 6.54 Å². The van der Waals surface area contributed by atoms with Gasteiger partial charge in [0.25, 0.3) is 0 Å². The molecule has 2 nitrogen and oxygen atoms in total. The number of hydrogen-bond acceptors (Lipinski definition) is 1. The van der Waals surface area contributed by atoms with Gasteiger partial charge in [0.15, 0.2) is 0 Å². The van der Waals surface area contributed by atoms with Crippen molar-refractivity contribution in [2.75, 3.05) is 0 Å². The van der Waals surface area contributed by atoms with Crippen LogP contribution < -0.4 is 5.32 Å². The zero-order valence-corrected chi connectivity index (χ0v) is 13.8. The van der Waals surface area contributed by atoms with E-state index in [9.17, 15) is 4.79 Å². The predicted molar refractivity (Wildman–Crippen MR) is 94.2 cm³/mol. The molecule has 0 aromatic heterocycles. The number of carbonyl (C=O) groups excluding carboxylic acids is 1. The summed E-state index contributed by atoms with van der Waals surface area (Å²) in [6, 6.07) is 18.7. The average Bonchev–Trinajstić information content (AvgIpc) is 2.62. The summed E-state index contributed by atoms with van der Waals surface area (Å²) in [5, 5.41) is 3.19. The van der Waals surface area contributed by atoms with Crippen LogP contribution in [0.4, 0.5) is 0 Å². The lowest BCUT2D eigenvalue weighted by atomic mass is 9.68. The first kappa shape index (κ1) is 15.8. The van der Waals surface area contributed by atoms with Gasteiger partial charge in [0.05, 0.1) is 5.41 Å². The molecule has 120 valence electrons. The fraction of sp³-hybridized carbons (Fsp3) is 0.381. The minimum Gasteiger partial charge on any atom is -0.351 e. The summed E-state index contributed by atoms with van der Waals surface area (Å²) in [6.45, 7) is 2.68. The number of hydrogen-bond donors (Lipinski definition) is 1. The van der Waals surface area contributed by atoms with Crippen molar-refractivity contribution >= 4 is 5.91 Å². The van der Waals surface area contributed by atoms with Crippen LogP contribution in [0.1, 0.15) is 48.8 Å². The molecule has 2 aromatic rings. The first-order chi connectivity index (χ1) is 11.2. The molecule has 23 heavy (non-hydrogen) atoms. The number of carbonyl (C=O) groups is 1. The van der Waals surface area contributed by atoms with Crippen LogP contribution >= 0.6 is 0 Å². The summed E-state index contributed by atoms with van der Waals surface area (Å²) in [5.74, 6) is 0.184. The summed E-state index contributed by atoms with van der Waals surface area (Å²) in [6.07, 6.45) is 5.41. The van der Waals surface area contributed by atoms with Crippen LogP contribution in [0.5, 0.6) is 0 Å². The lowest BCUT2D eigenvalue weighted by Gasteiger charge is -2.36. The molecule has 1 N–H and O–H groups in total. The van der Waals surface area contributed by atoms with E-state index in [1.807, 2.05) is 18.2 Å². The molecular formula is C21H25NO. The van der Waals surface area contributed by atoms with Crippen molar-refractivity contribution < 1.29 is 4.79 Å². The highest BCUT2D eigenvalue weighted by atomic mass is 16.2. The summed E-state index contributed by atoms with van der Waals surface area (Å²) in [7, 11) is 0.